The average Bonchev–Trinajstić information content (AvgIpc) is 2.86. The highest BCUT2D eigenvalue weighted by molar-refractivity contribution is 6.03. The van der Waals surface area contributed by atoms with Crippen LogP contribution in [0.15, 0.2) is 36.9 Å². The van der Waals surface area contributed by atoms with Crippen LogP contribution >= 0.6 is 0 Å². The number of benzene rings is 1. The Labute approximate surface area is 123 Å². The first-order valence-electron chi connectivity index (χ1n) is 6.93. The minimum Gasteiger partial charge on any atom is -0.294 e. The molecule has 0 saturated heterocycles. The van der Waals surface area contributed by atoms with Gasteiger partial charge in [0.15, 0.2) is 5.78 Å². The van der Waals surface area contributed by atoms with Crippen molar-refractivity contribution in [3.8, 4) is 0 Å². The number of rotatable bonds is 3. The van der Waals surface area contributed by atoms with E-state index < -0.39 is 0 Å². The zero-order valence-electron chi connectivity index (χ0n) is 12.4. The molecule has 0 N–H and O–H groups in total. The van der Waals surface area contributed by atoms with E-state index in [9.17, 15) is 4.79 Å². The summed E-state index contributed by atoms with van der Waals surface area (Å²) in [7, 11) is 0. The van der Waals surface area contributed by atoms with Crippen LogP contribution in [-0.2, 0) is 6.42 Å². The molecule has 0 amide bonds. The Morgan fingerprint density at radius 2 is 1.86 bits per heavy atom. The molecule has 0 aliphatic rings. The van der Waals surface area contributed by atoms with Crippen molar-refractivity contribution >= 4 is 11.3 Å². The van der Waals surface area contributed by atoms with Crippen LogP contribution in [0.3, 0.4) is 0 Å². The summed E-state index contributed by atoms with van der Waals surface area (Å²) in [4.78, 5) is 16.7. The van der Waals surface area contributed by atoms with Gasteiger partial charge in [0, 0.05) is 18.8 Å². The first-order chi connectivity index (χ1) is 10.1. The van der Waals surface area contributed by atoms with Crippen LogP contribution in [0.25, 0.3) is 5.52 Å². The van der Waals surface area contributed by atoms with Crippen molar-refractivity contribution in [1.82, 2.24) is 14.6 Å². The second-order valence-electron chi connectivity index (χ2n) is 5.44. The Hall–Kier alpha value is -2.49. The van der Waals surface area contributed by atoms with Crippen molar-refractivity contribution < 1.29 is 4.79 Å². The van der Waals surface area contributed by atoms with E-state index >= 15 is 0 Å². The van der Waals surface area contributed by atoms with Crippen molar-refractivity contribution in [3.63, 3.8) is 0 Å². The standard InChI is InChI=1S/C17H17N3O/c1-11-6-12(2)14(13(3)7-11)8-17(21)15-9-19-20-5-4-18-10-16(15)20/h4-7,9-10H,8H2,1-3H3. The summed E-state index contributed by atoms with van der Waals surface area (Å²) in [5.41, 5.74) is 6.04. The van der Waals surface area contributed by atoms with Crippen LogP contribution in [0.4, 0.5) is 0 Å². The molecule has 0 aliphatic carbocycles. The van der Waals surface area contributed by atoms with E-state index in [0.717, 1.165) is 22.2 Å². The van der Waals surface area contributed by atoms with Crippen molar-refractivity contribution in [2.75, 3.05) is 0 Å². The van der Waals surface area contributed by atoms with E-state index in [0.29, 0.717) is 12.0 Å². The third kappa shape index (κ3) is 2.44. The lowest BCUT2D eigenvalue weighted by Gasteiger charge is -2.10. The topological polar surface area (TPSA) is 47.3 Å². The van der Waals surface area contributed by atoms with Gasteiger partial charge in [0.25, 0.3) is 0 Å². The number of fused-ring (bicyclic) bond motifs is 1. The maximum atomic E-state index is 12.6. The molecule has 21 heavy (non-hydrogen) atoms. The lowest BCUT2D eigenvalue weighted by Crippen LogP contribution is -2.07. The molecule has 0 bridgehead atoms. The molecular formula is C17H17N3O. The van der Waals surface area contributed by atoms with Gasteiger partial charge in [-0.3, -0.25) is 9.78 Å². The fourth-order valence-electron chi connectivity index (χ4n) is 2.79. The van der Waals surface area contributed by atoms with Crippen LogP contribution in [-0.4, -0.2) is 20.4 Å². The molecule has 0 spiro atoms. The smallest absolute Gasteiger partial charge is 0.171 e. The summed E-state index contributed by atoms with van der Waals surface area (Å²) in [6.45, 7) is 6.18. The van der Waals surface area contributed by atoms with E-state index in [2.05, 4.69) is 43.0 Å². The largest absolute Gasteiger partial charge is 0.294 e. The molecule has 2 aromatic heterocycles. The normalized spacial score (nSPS) is 11.0. The van der Waals surface area contributed by atoms with Gasteiger partial charge in [-0.15, -0.1) is 0 Å². The first kappa shape index (κ1) is 13.5. The molecule has 0 radical (unpaired) electrons. The van der Waals surface area contributed by atoms with E-state index in [1.165, 1.54) is 5.56 Å². The molecule has 4 heteroatoms. The molecule has 0 unspecified atom stereocenters. The predicted molar refractivity (Wildman–Crippen MR) is 81.7 cm³/mol. The van der Waals surface area contributed by atoms with Crippen LogP contribution in [0.1, 0.15) is 32.6 Å². The SMILES string of the molecule is Cc1cc(C)c(CC(=O)c2cnn3ccncc23)c(C)c1. The van der Waals surface area contributed by atoms with Gasteiger partial charge in [-0.2, -0.15) is 5.10 Å². The van der Waals surface area contributed by atoms with Crippen LogP contribution in [0, 0.1) is 20.8 Å². The summed E-state index contributed by atoms with van der Waals surface area (Å²) >= 11 is 0. The fraction of sp³-hybridized carbons (Fsp3) is 0.235. The average molecular weight is 279 g/mol. The fourth-order valence-corrected chi connectivity index (χ4v) is 2.79. The van der Waals surface area contributed by atoms with Gasteiger partial charge in [-0.1, -0.05) is 17.7 Å². The van der Waals surface area contributed by atoms with Gasteiger partial charge in [0.05, 0.1) is 23.5 Å². The molecule has 3 aromatic rings. The summed E-state index contributed by atoms with van der Waals surface area (Å²) < 4.78 is 1.68. The van der Waals surface area contributed by atoms with Gasteiger partial charge in [0.2, 0.25) is 0 Å². The summed E-state index contributed by atoms with van der Waals surface area (Å²) in [5.74, 6) is 0.0769. The Balaban J connectivity index is 1.97. The van der Waals surface area contributed by atoms with Gasteiger partial charge < -0.3 is 0 Å². The molecular weight excluding hydrogens is 262 g/mol. The quantitative estimate of drug-likeness (QED) is 0.692. The van der Waals surface area contributed by atoms with E-state index in [-0.39, 0.29) is 5.78 Å². The number of nitrogens with zero attached hydrogens (tertiary/aromatic N) is 3. The number of aromatic nitrogens is 3. The summed E-state index contributed by atoms with van der Waals surface area (Å²) in [6, 6.07) is 4.24. The maximum Gasteiger partial charge on any atom is 0.171 e. The maximum absolute atomic E-state index is 12.6. The molecule has 3 rings (SSSR count). The van der Waals surface area contributed by atoms with Crippen molar-refractivity contribution in [3.05, 3.63) is 64.7 Å². The Morgan fingerprint density at radius 3 is 2.57 bits per heavy atom. The van der Waals surface area contributed by atoms with E-state index in [1.54, 1.807) is 29.3 Å². The highest BCUT2D eigenvalue weighted by Crippen LogP contribution is 2.20. The number of carbonyl (C=O) groups is 1. The number of ketones is 1. The molecule has 2 heterocycles. The molecule has 4 nitrogen and oxygen atoms in total. The second-order valence-corrected chi connectivity index (χ2v) is 5.44. The van der Waals surface area contributed by atoms with Crippen molar-refractivity contribution in [2.24, 2.45) is 0 Å². The van der Waals surface area contributed by atoms with Gasteiger partial charge in [-0.05, 0) is 37.5 Å². The number of hydrogen-bond donors (Lipinski definition) is 0. The lowest BCUT2D eigenvalue weighted by molar-refractivity contribution is 0.0994. The Kier molecular flexibility index (Phi) is 3.29. The first-order valence-corrected chi connectivity index (χ1v) is 6.93. The molecule has 106 valence electrons. The third-order valence-electron chi connectivity index (χ3n) is 3.80. The molecule has 0 fully saturated rings. The van der Waals surface area contributed by atoms with Crippen LogP contribution in [0.5, 0.6) is 0 Å². The summed E-state index contributed by atoms with van der Waals surface area (Å²) in [5, 5.41) is 4.20. The minimum absolute atomic E-state index is 0.0769. The Bertz CT molecular complexity index is 810. The number of hydrogen-bond acceptors (Lipinski definition) is 3. The van der Waals surface area contributed by atoms with Gasteiger partial charge in [-0.25, -0.2) is 4.52 Å². The van der Waals surface area contributed by atoms with Crippen LogP contribution in [0.2, 0.25) is 0 Å². The van der Waals surface area contributed by atoms with E-state index in [4.69, 9.17) is 0 Å². The Morgan fingerprint density at radius 1 is 1.14 bits per heavy atom. The minimum atomic E-state index is 0.0769. The van der Waals surface area contributed by atoms with Crippen molar-refractivity contribution in [1.29, 1.82) is 0 Å². The van der Waals surface area contributed by atoms with E-state index in [1.807, 2.05) is 0 Å². The summed E-state index contributed by atoms with van der Waals surface area (Å²) in [6.07, 6.45) is 7.10. The third-order valence-corrected chi connectivity index (χ3v) is 3.80. The molecule has 1 aromatic carbocycles. The highest BCUT2D eigenvalue weighted by atomic mass is 16.1. The zero-order chi connectivity index (χ0) is 15.0. The van der Waals surface area contributed by atoms with Gasteiger partial charge in [0.1, 0.15) is 0 Å². The molecule has 0 atom stereocenters. The number of carbonyl (C=O) groups excluding carboxylic acids is 1. The predicted octanol–water partition coefficient (Wildman–Crippen LogP) is 3.08. The van der Waals surface area contributed by atoms with Gasteiger partial charge >= 0.3 is 0 Å². The number of Topliss-reactive ketones (excluding diaryl/α,β-unsaturated/α-hetero) is 1. The van der Waals surface area contributed by atoms with Crippen molar-refractivity contribution in [2.45, 2.75) is 27.2 Å². The second kappa shape index (κ2) is 5.13. The van der Waals surface area contributed by atoms with Crippen LogP contribution < -0.4 is 0 Å². The molecule has 0 aliphatic heterocycles. The number of aryl methyl sites for hydroxylation is 3. The highest BCUT2D eigenvalue weighted by Gasteiger charge is 2.15. The lowest BCUT2D eigenvalue weighted by atomic mass is 9.94. The monoisotopic (exact) mass is 279 g/mol. The molecule has 0 saturated carbocycles. The zero-order valence-corrected chi connectivity index (χ0v) is 12.4.